The van der Waals surface area contributed by atoms with Crippen molar-refractivity contribution in [3.8, 4) is 0 Å². The number of hydrogen-bond donors (Lipinski definition) is 0. The van der Waals surface area contributed by atoms with E-state index in [4.69, 9.17) is 0 Å². The van der Waals surface area contributed by atoms with E-state index < -0.39 is 11.6 Å². The number of aryl methyl sites for hydroxylation is 1. The van der Waals surface area contributed by atoms with Crippen molar-refractivity contribution in [2.45, 2.75) is 23.8 Å². The molecule has 0 radical (unpaired) electrons. The molecule has 0 bridgehead atoms. The molecule has 2 aliphatic rings. The normalized spacial score (nSPS) is 17.8. The average molecular weight is 392 g/mol. The van der Waals surface area contributed by atoms with E-state index in [1.54, 1.807) is 0 Å². The van der Waals surface area contributed by atoms with Crippen molar-refractivity contribution in [1.82, 2.24) is 0 Å². The highest BCUT2D eigenvalue weighted by molar-refractivity contribution is 8.16. The Labute approximate surface area is 160 Å². The number of halogens is 2. The highest BCUT2D eigenvalue weighted by Crippen LogP contribution is 2.43. The van der Waals surface area contributed by atoms with Gasteiger partial charge in [-0.3, -0.25) is 4.79 Å². The summed E-state index contributed by atoms with van der Waals surface area (Å²) in [5, 5.41) is 0. The van der Waals surface area contributed by atoms with Crippen molar-refractivity contribution in [3.05, 3.63) is 64.7 Å². The fraction of sp³-hybridized carbons (Fsp3) is 0.350. The summed E-state index contributed by atoms with van der Waals surface area (Å²) in [4.78, 5) is 14.4. The van der Waals surface area contributed by atoms with Crippen molar-refractivity contribution < 1.29 is 13.6 Å². The molecule has 0 saturated carbocycles. The Kier molecular flexibility index (Phi) is 5.23. The summed E-state index contributed by atoms with van der Waals surface area (Å²) >= 11 is 3.87. The van der Waals surface area contributed by atoms with E-state index in [9.17, 15) is 13.6 Å². The third-order valence-electron chi connectivity index (χ3n) is 4.71. The topological polar surface area (TPSA) is 20.3 Å². The molecular weight excluding hydrogens is 372 g/mol. The zero-order valence-electron chi connectivity index (χ0n) is 14.2. The molecule has 1 amide bonds. The Bertz CT molecular complexity index is 819. The lowest BCUT2D eigenvalue weighted by atomic mass is 10.00. The molecule has 1 fully saturated rings. The number of thioether (sulfide) groups is 2. The van der Waals surface area contributed by atoms with Gasteiger partial charge in [-0.1, -0.05) is 12.1 Å². The maximum atomic E-state index is 14.3. The zero-order chi connectivity index (χ0) is 18.1. The smallest absolute Gasteiger partial charge is 0.258 e. The van der Waals surface area contributed by atoms with Gasteiger partial charge in [0.25, 0.3) is 5.91 Å². The van der Waals surface area contributed by atoms with Crippen LogP contribution in [0.4, 0.5) is 14.5 Å². The van der Waals surface area contributed by atoms with E-state index in [-0.39, 0.29) is 11.6 Å². The van der Waals surface area contributed by atoms with Crippen LogP contribution >= 0.6 is 23.5 Å². The first-order valence-corrected chi connectivity index (χ1v) is 10.9. The number of rotatable bonds is 2. The fourth-order valence-electron chi connectivity index (χ4n) is 3.47. The van der Waals surface area contributed by atoms with Crippen molar-refractivity contribution in [1.29, 1.82) is 0 Å². The number of carbonyl (C=O) groups is 1. The Hall–Kier alpha value is -1.53. The molecule has 0 atom stereocenters. The highest BCUT2D eigenvalue weighted by atomic mass is 32.2. The minimum absolute atomic E-state index is 0.227. The van der Waals surface area contributed by atoms with E-state index in [0.717, 1.165) is 6.07 Å². The first kappa shape index (κ1) is 17.9. The first-order chi connectivity index (χ1) is 12.6. The Morgan fingerprint density at radius 1 is 1.04 bits per heavy atom. The summed E-state index contributed by atoms with van der Waals surface area (Å²) in [5.74, 6) is 0.839. The molecule has 2 aliphatic heterocycles. The molecule has 0 aromatic heterocycles. The molecule has 4 rings (SSSR count). The van der Waals surface area contributed by atoms with Crippen LogP contribution in [0.2, 0.25) is 0 Å². The van der Waals surface area contributed by atoms with Crippen molar-refractivity contribution in [2.75, 3.05) is 23.0 Å². The molecule has 0 unspecified atom stereocenters. The van der Waals surface area contributed by atoms with Gasteiger partial charge in [-0.25, -0.2) is 8.78 Å². The van der Waals surface area contributed by atoms with Gasteiger partial charge in [0.2, 0.25) is 0 Å². The van der Waals surface area contributed by atoms with Crippen LogP contribution in [0.15, 0.2) is 36.4 Å². The van der Waals surface area contributed by atoms with E-state index >= 15 is 0 Å². The predicted molar refractivity (Wildman–Crippen MR) is 105 cm³/mol. The van der Waals surface area contributed by atoms with Gasteiger partial charge < -0.3 is 4.90 Å². The van der Waals surface area contributed by atoms with E-state index in [2.05, 4.69) is 0 Å². The number of hydrogen-bond acceptors (Lipinski definition) is 3. The average Bonchev–Trinajstić information content (AvgIpc) is 2.67. The van der Waals surface area contributed by atoms with E-state index in [1.165, 1.54) is 34.5 Å². The number of carbonyl (C=O) groups excluding carboxylic acids is 1. The lowest BCUT2D eigenvalue weighted by Crippen LogP contribution is -2.36. The monoisotopic (exact) mass is 391 g/mol. The predicted octanol–water partition coefficient (Wildman–Crippen LogP) is 5.43. The van der Waals surface area contributed by atoms with Gasteiger partial charge in [-0.2, -0.15) is 0 Å². The molecule has 2 nitrogen and oxygen atoms in total. The lowest BCUT2D eigenvalue weighted by Gasteiger charge is -2.30. The van der Waals surface area contributed by atoms with Crippen molar-refractivity contribution in [3.63, 3.8) is 0 Å². The Morgan fingerprint density at radius 2 is 1.77 bits per heavy atom. The minimum Gasteiger partial charge on any atom is -0.305 e. The molecule has 2 aromatic carbocycles. The molecule has 0 aliphatic carbocycles. The number of anilines is 1. The van der Waals surface area contributed by atoms with Gasteiger partial charge in [0, 0.05) is 18.2 Å². The Morgan fingerprint density at radius 3 is 2.50 bits per heavy atom. The second-order valence-corrected chi connectivity index (χ2v) is 9.23. The van der Waals surface area contributed by atoms with Gasteiger partial charge in [0.05, 0.1) is 10.3 Å². The minimum atomic E-state index is -0.667. The van der Waals surface area contributed by atoms with Crippen molar-refractivity contribution >= 4 is 35.1 Å². The third-order valence-corrected chi connectivity index (χ3v) is 7.72. The van der Waals surface area contributed by atoms with Crippen LogP contribution in [0.1, 0.15) is 38.9 Å². The standard InChI is InChI=1S/C20H19F2NOS2/c21-16-11-15-3-1-8-23(18(15)17(22)12-16)19(24)13-4-6-14(7-5-13)20-25-9-2-10-26-20/h4-7,11-12,20H,1-3,8-10H2. The van der Waals surface area contributed by atoms with Crippen LogP contribution in [0.3, 0.4) is 0 Å². The van der Waals surface area contributed by atoms with Crippen LogP contribution in [0.5, 0.6) is 0 Å². The van der Waals surface area contributed by atoms with Crippen LogP contribution in [0.25, 0.3) is 0 Å². The molecule has 0 spiro atoms. The summed E-state index contributed by atoms with van der Waals surface area (Å²) in [6, 6.07) is 9.82. The molecule has 2 aromatic rings. The largest absolute Gasteiger partial charge is 0.305 e. The molecule has 1 saturated heterocycles. The van der Waals surface area contributed by atoms with Gasteiger partial charge in [-0.15, -0.1) is 23.5 Å². The Balaban J connectivity index is 1.59. The molecule has 2 heterocycles. The summed E-state index contributed by atoms with van der Waals surface area (Å²) in [6.45, 7) is 0.449. The molecular formula is C20H19F2NOS2. The van der Waals surface area contributed by atoms with E-state index in [0.29, 0.717) is 35.1 Å². The maximum absolute atomic E-state index is 14.3. The summed E-state index contributed by atoms with van der Waals surface area (Å²) < 4.78 is 28.2. The number of nitrogens with zero attached hydrogens (tertiary/aromatic N) is 1. The molecule has 26 heavy (non-hydrogen) atoms. The summed E-state index contributed by atoms with van der Waals surface area (Å²) in [7, 11) is 0. The quantitative estimate of drug-likeness (QED) is 0.681. The van der Waals surface area contributed by atoms with Crippen LogP contribution in [0, 0.1) is 11.6 Å². The zero-order valence-corrected chi connectivity index (χ0v) is 15.8. The number of benzene rings is 2. The molecule has 6 heteroatoms. The first-order valence-electron chi connectivity index (χ1n) is 8.76. The highest BCUT2D eigenvalue weighted by Gasteiger charge is 2.27. The maximum Gasteiger partial charge on any atom is 0.258 e. The van der Waals surface area contributed by atoms with Crippen LogP contribution in [-0.4, -0.2) is 24.0 Å². The van der Waals surface area contributed by atoms with Crippen molar-refractivity contribution in [2.24, 2.45) is 0 Å². The molecule has 136 valence electrons. The molecule has 0 N–H and O–H groups in total. The second kappa shape index (κ2) is 7.61. The second-order valence-electron chi connectivity index (χ2n) is 6.50. The lowest BCUT2D eigenvalue weighted by molar-refractivity contribution is 0.0984. The fourth-order valence-corrected chi connectivity index (χ4v) is 6.37. The van der Waals surface area contributed by atoms with E-state index in [1.807, 2.05) is 47.8 Å². The number of fused-ring (bicyclic) bond motifs is 1. The van der Waals surface area contributed by atoms with Gasteiger partial charge in [-0.05, 0) is 60.1 Å². The summed E-state index contributed by atoms with van der Waals surface area (Å²) in [6.07, 6.45) is 2.53. The van der Waals surface area contributed by atoms with Gasteiger partial charge >= 0.3 is 0 Å². The SMILES string of the molecule is O=C(c1ccc(C2SCCCS2)cc1)N1CCCc2cc(F)cc(F)c21. The van der Waals surface area contributed by atoms with Gasteiger partial charge in [0.1, 0.15) is 11.6 Å². The number of amides is 1. The van der Waals surface area contributed by atoms with Gasteiger partial charge in [0.15, 0.2) is 0 Å². The summed E-state index contributed by atoms with van der Waals surface area (Å²) in [5.41, 5.74) is 2.54. The third kappa shape index (κ3) is 3.49. The van der Waals surface area contributed by atoms with Crippen LogP contribution < -0.4 is 4.90 Å². The van der Waals surface area contributed by atoms with Crippen LogP contribution in [-0.2, 0) is 6.42 Å².